The van der Waals surface area contributed by atoms with Gasteiger partial charge in [-0.1, -0.05) is 49.3 Å². The predicted octanol–water partition coefficient (Wildman–Crippen LogP) is 3.34. The molecule has 1 aromatic heterocycles. The minimum atomic E-state index is -0.194. The highest BCUT2D eigenvalue weighted by Gasteiger charge is 2.15. The average molecular weight is 291 g/mol. The molecule has 20 heavy (non-hydrogen) atoms. The Balaban J connectivity index is 1.84. The van der Waals surface area contributed by atoms with Crippen LogP contribution in [-0.4, -0.2) is 15.4 Å². The predicted molar refractivity (Wildman–Crippen MR) is 82.4 cm³/mol. The lowest BCUT2D eigenvalue weighted by molar-refractivity contribution is 0.346. The van der Waals surface area contributed by atoms with Gasteiger partial charge in [-0.05, 0) is 23.7 Å². The van der Waals surface area contributed by atoms with E-state index in [1.807, 2.05) is 18.2 Å². The molecule has 0 saturated carbocycles. The van der Waals surface area contributed by atoms with Crippen LogP contribution in [0.4, 0.5) is 0 Å². The van der Waals surface area contributed by atoms with Crippen molar-refractivity contribution >= 4 is 11.8 Å². The molecule has 0 saturated heterocycles. The summed E-state index contributed by atoms with van der Waals surface area (Å²) in [5.74, 6) is 2.04. The highest BCUT2D eigenvalue weighted by atomic mass is 32.2. The quantitative estimate of drug-likeness (QED) is 0.847. The van der Waals surface area contributed by atoms with Crippen molar-refractivity contribution in [3.05, 3.63) is 47.6 Å². The lowest BCUT2D eigenvalue weighted by Gasteiger charge is -2.06. The van der Waals surface area contributed by atoms with E-state index in [4.69, 9.17) is 10.3 Å². The van der Waals surface area contributed by atoms with Crippen molar-refractivity contribution in [3.8, 4) is 0 Å². The third-order valence-electron chi connectivity index (χ3n) is 2.93. The normalized spacial score (nSPS) is 12.8. The maximum Gasteiger partial charge on any atom is 0.243 e. The summed E-state index contributed by atoms with van der Waals surface area (Å²) in [6.07, 6.45) is 1.73. The second kappa shape index (κ2) is 7.45. The zero-order valence-electron chi connectivity index (χ0n) is 12.0. The molecule has 0 unspecified atom stereocenters. The largest absolute Gasteiger partial charge is 0.338 e. The Morgan fingerprint density at radius 3 is 2.70 bits per heavy atom. The standard InChI is InChI=1S/C15H21N3OS/c1-11(2)20-10-14-17-15(19-18-14)13(16)9-8-12-6-4-3-5-7-12/h3-7,11,13H,8-10,16H2,1-2H3/t13-/m0/s1. The van der Waals surface area contributed by atoms with Crippen LogP contribution in [0, 0.1) is 0 Å². The Bertz CT molecular complexity index is 513. The zero-order chi connectivity index (χ0) is 14.4. The van der Waals surface area contributed by atoms with E-state index in [1.54, 1.807) is 11.8 Å². The van der Waals surface area contributed by atoms with Crippen LogP contribution in [-0.2, 0) is 12.2 Å². The molecule has 4 nitrogen and oxygen atoms in total. The van der Waals surface area contributed by atoms with Crippen molar-refractivity contribution in [3.63, 3.8) is 0 Å². The Morgan fingerprint density at radius 1 is 1.25 bits per heavy atom. The summed E-state index contributed by atoms with van der Waals surface area (Å²) in [6, 6.07) is 10.1. The molecule has 1 aromatic carbocycles. The summed E-state index contributed by atoms with van der Waals surface area (Å²) in [6.45, 7) is 4.30. The van der Waals surface area contributed by atoms with Crippen molar-refractivity contribution in [2.45, 2.75) is 43.7 Å². The zero-order valence-corrected chi connectivity index (χ0v) is 12.8. The van der Waals surface area contributed by atoms with Gasteiger partial charge in [-0.15, -0.1) is 0 Å². The molecule has 2 rings (SSSR count). The monoisotopic (exact) mass is 291 g/mol. The average Bonchev–Trinajstić information content (AvgIpc) is 2.92. The summed E-state index contributed by atoms with van der Waals surface area (Å²) in [5.41, 5.74) is 7.39. The van der Waals surface area contributed by atoms with Gasteiger partial charge in [-0.3, -0.25) is 0 Å². The van der Waals surface area contributed by atoms with Crippen molar-refractivity contribution in [1.82, 2.24) is 10.1 Å². The maximum atomic E-state index is 6.11. The van der Waals surface area contributed by atoms with Gasteiger partial charge in [0.2, 0.25) is 5.89 Å². The number of rotatable bonds is 7. The van der Waals surface area contributed by atoms with E-state index in [-0.39, 0.29) is 6.04 Å². The molecular weight excluding hydrogens is 270 g/mol. The lowest BCUT2D eigenvalue weighted by Crippen LogP contribution is -2.11. The van der Waals surface area contributed by atoms with Gasteiger partial charge in [0.1, 0.15) is 0 Å². The number of benzene rings is 1. The first-order chi connectivity index (χ1) is 9.65. The number of nitrogens with zero attached hydrogens (tertiary/aromatic N) is 2. The molecular formula is C15H21N3OS. The fraction of sp³-hybridized carbons (Fsp3) is 0.467. The van der Waals surface area contributed by atoms with Gasteiger partial charge < -0.3 is 10.3 Å². The van der Waals surface area contributed by atoms with Gasteiger partial charge >= 0.3 is 0 Å². The number of thioether (sulfide) groups is 1. The Morgan fingerprint density at radius 2 is 2.00 bits per heavy atom. The van der Waals surface area contributed by atoms with Gasteiger partial charge in [0.15, 0.2) is 5.82 Å². The van der Waals surface area contributed by atoms with Gasteiger partial charge in [0, 0.05) is 0 Å². The molecule has 0 bridgehead atoms. The second-order valence-corrected chi connectivity index (χ2v) is 6.60. The SMILES string of the molecule is CC(C)SCc1noc([C@@H](N)CCc2ccccc2)n1. The third-order valence-corrected chi connectivity index (χ3v) is 4.03. The molecule has 0 fully saturated rings. The molecule has 0 radical (unpaired) electrons. The van der Waals surface area contributed by atoms with Gasteiger partial charge in [0.05, 0.1) is 11.8 Å². The van der Waals surface area contributed by atoms with Crippen molar-refractivity contribution < 1.29 is 4.52 Å². The van der Waals surface area contributed by atoms with Gasteiger partial charge in [-0.2, -0.15) is 16.7 Å². The second-order valence-electron chi connectivity index (χ2n) is 5.04. The molecule has 0 aliphatic heterocycles. The Kier molecular flexibility index (Phi) is 5.61. The van der Waals surface area contributed by atoms with E-state index in [1.165, 1.54) is 5.56 Å². The van der Waals surface area contributed by atoms with Crippen molar-refractivity contribution in [1.29, 1.82) is 0 Å². The molecule has 2 N–H and O–H groups in total. The fourth-order valence-corrected chi connectivity index (χ4v) is 2.41. The summed E-state index contributed by atoms with van der Waals surface area (Å²) < 4.78 is 5.25. The van der Waals surface area contributed by atoms with Crippen LogP contribution in [0.5, 0.6) is 0 Å². The number of nitrogens with two attached hydrogens (primary N) is 1. The van der Waals surface area contributed by atoms with Gasteiger partial charge in [-0.25, -0.2) is 0 Å². The number of aryl methyl sites for hydroxylation is 1. The van der Waals surface area contributed by atoms with Crippen LogP contribution < -0.4 is 5.73 Å². The van der Waals surface area contributed by atoms with E-state index in [2.05, 4.69) is 36.1 Å². The van der Waals surface area contributed by atoms with Crippen LogP contribution in [0.3, 0.4) is 0 Å². The van der Waals surface area contributed by atoms with Crippen LogP contribution in [0.25, 0.3) is 0 Å². The lowest BCUT2D eigenvalue weighted by atomic mass is 10.1. The topological polar surface area (TPSA) is 64.9 Å². The van der Waals surface area contributed by atoms with Crippen LogP contribution >= 0.6 is 11.8 Å². The third kappa shape index (κ3) is 4.65. The Hall–Kier alpha value is -1.33. The van der Waals surface area contributed by atoms with Crippen molar-refractivity contribution in [2.24, 2.45) is 5.73 Å². The van der Waals surface area contributed by atoms with E-state index in [0.29, 0.717) is 11.1 Å². The molecule has 0 spiro atoms. The fourth-order valence-electron chi connectivity index (χ4n) is 1.81. The molecule has 108 valence electrons. The number of hydrogen-bond donors (Lipinski definition) is 1. The molecule has 1 atom stereocenters. The molecule has 0 aliphatic carbocycles. The first kappa shape index (κ1) is 15.1. The summed E-state index contributed by atoms with van der Waals surface area (Å²) >= 11 is 1.79. The minimum Gasteiger partial charge on any atom is -0.338 e. The summed E-state index contributed by atoms with van der Waals surface area (Å²) in [7, 11) is 0. The number of hydrogen-bond acceptors (Lipinski definition) is 5. The van der Waals surface area contributed by atoms with E-state index < -0.39 is 0 Å². The van der Waals surface area contributed by atoms with E-state index in [9.17, 15) is 0 Å². The molecule has 5 heteroatoms. The van der Waals surface area contributed by atoms with Crippen LogP contribution in [0.15, 0.2) is 34.9 Å². The van der Waals surface area contributed by atoms with Crippen LogP contribution in [0.1, 0.15) is 43.6 Å². The van der Waals surface area contributed by atoms with Gasteiger partial charge in [0.25, 0.3) is 0 Å². The summed E-state index contributed by atoms with van der Waals surface area (Å²) in [5, 5.41) is 4.54. The van der Waals surface area contributed by atoms with E-state index >= 15 is 0 Å². The molecule has 1 heterocycles. The minimum absolute atomic E-state index is 0.194. The summed E-state index contributed by atoms with van der Waals surface area (Å²) in [4.78, 5) is 4.37. The Labute approximate surface area is 124 Å². The van der Waals surface area contributed by atoms with Crippen molar-refractivity contribution in [2.75, 3.05) is 0 Å². The highest BCUT2D eigenvalue weighted by Crippen LogP contribution is 2.18. The molecule has 0 amide bonds. The first-order valence-corrected chi connectivity index (χ1v) is 7.93. The van der Waals surface area contributed by atoms with Crippen LogP contribution in [0.2, 0.25) is 0 Å². The first-order valence-electron chi connectivity index (χ1n) is 6.88. The number of aromatic nitrogens is 2. The molecule has 2 aromatic rings. The van der Waals surface area contributed by atoms with E-state index in [0.717, 1.165) is 24.4 Å². The highest BCUT2D eigenvalue weighted by molar-refractivity contribution is 7.99. The maximum absolute atomic E-state index is 6.11. The smallest absolute Gasteiger partial charge is 0.243 e. The molecule has 0 aliphatic rings.